The number of carbonyl (C=O) groups excluding carboxylic acids is 1. The van der Waals surface area contributed by atoms with Crippen LogP contribution in [0.4, 0.5) is 0 Å². The molecule has 0 saturated heterocycles. The van der Waals surface area contributed by atoms with Crippen LogP contribution in [0.3, 0.4) is 0 Å². The minimum absolute atomic E-state index is 0.0832. The van der Waals surface area contributed by atoms with Crippen LogP contribution in [0.25, 0.3) is 6.08 Å². The number of hydrogen-bond donors (Lipinski definition) is 0. The van der Waals surface area contributed by atoms with E-state index in [4.69, 9.17) is 65.4 Å². The first kappa shape index (κ1) is 34.9. The maximum absolute atomic E-state index is 14.3. The van der Waals surface area contributed by atoms with Crippen molar-refractivity contribution >= 4 is 69.8 Å². The minimum Gasteiger partial charge on any atom is -0.493 e. The molecule has 0 fully saturated rings. The maximum atomic E-state index is 14.3. The first-order valence-electron chi connectivity index (χ1n) is 14.5. The zero-order chi connectivity index (χ0) is 34.0. The topological polar surface area (TPSA) is 88.4 Å². The Morgan fingerprint density at radius 2 is 1.77 bits per heavy atom. The molecule has 1 aliphatic heterocycles. The predicted octanol–water partition coefficient (Wildman–Crippen LogP) is 7.79. The van der Waals surface area contributed by atoms with Gasteiger partial charge in [-0.05, 0) is 75.7 Å². The molecule has 0 aliphatic carbocycles. The van der Waals surface area contributed by atoms with Crippen molar-refractivity contribution in [1.82, 2.24) is 4.57 Å². The molecule has 0 N–H and O–H groups in total. The molecule has 0 unspecified atom stereocenters. The van der Waals surface area contributed by atoms with Crippen LogP contribution < -0.4 is 29.1 Å². The third-order valence-corrected chi connectivity index (χ3v) is 9.16. The van der Waals surface area contributed by atoms with Gasteiger partial charge in [-0.1, -0.05) is 69.9 Å². The Hall–Kier alpha value is -3.47. The van der Waals surface area contributed by atoms with E-state index < -0.39 is 17.6 Å². The molecule has 0 saturated carbocycles. The summed E-state index contributed by atoms with van der Waals surface area (Å²) in [6, 6.07) is 12.7. The van der Waals surface area contributed by atoms with E-state index in [-0.39, 0.29) is 29.9 Å². The summed E-state index contributed by atoms with van der Waals surface area (Å²) in [6.07, 6.45) is 1.54. The Labute approximate surface area is 295 Å². The van der Waals surface area contributed by atoms with Crippen LogP contribution in [0.2, 0.25) is 20.1 Å². The van der Waals surface area contributed by atoms with Crippen LogP contribution >= 0.6 is 57.7 Å². The Kier molecular flexibility index (Phi) is 10.9. The molecule has 1 aromatic heterocycles. The summed E-state index contributed by atoms with van der Waals surface area (Å²) in [6.45, 7) is 7.49. The number of thiazole rings is 1. The number of esters is 1. The van der Waals surface area contributed by atoms with Gasteiger partial charge in [0.25, 0.3) is 5.56 Å². The van der Waals surface area contributed by atoms with E-state index in [9.17, 15) is 9.59 Å². The van der Waals surface area contributed by atoms with Gasteiger partial charge in [-0.2, -0.15) is 0 Å². The number of ether oxygens (including phenoxy) is 4. The second-order valence-corrected chi connectivity index (χ2v) is 13.4. The molecule has 2 heterocycles. The van der Waals surface area contributed by atoms with Gasteiger partial charge in [0.2, 0.25) is 0 Å². The number of aromatic nitrogens is 1. The molecule has 0 spiro atoms. The number of fused-ring (bicyclic) bond motifs is 1. The molecule has 5 rings (SSSR count). The van der Waals surface area contributed by atoms with E-state index in [0.29, 0.717) is 64.0 Å². The van der Waals surface area contributed by atoms with Crippen molar-refractivity contribution in [2.45, 2.75) is 46.4 Å². The molecule has 0 amide bonds. The van der Waals surface area contributed by atoms with E-state index in [2.05, 4.69) is 4.99 Å². The van der Waals surface area contributed by atoms with Gasteiger partial charge in [-0.15, -0.1) is 0 Å². The minimum atomic E-state index is -0.861. The summed E-state index contributed by atoms with van der Waals surface area (Å²) in [5.41, 5.74) is 2.04. The summed E-state index contributed by atoms with van der Waals surface area (Å²) in [5, 5.41) is 1.53. The fourth-order valence-electron chi connectivity index (χ4n) is 5.08. The average Bonchev–Trinajstić information content (AvgIpc) is 3.30. The summed E-state index contributed by atoms with van der Waals surface area (Å²) >= 11 is 26.5. The third kappa shape index (κ3) is 7.50. The quantitative estimate of drug-likeness (QED) is 0.155. The number of carbonyl (C=O) groups is 1. The van der Waals surface area contributed by atoms with Crippen molar-refractivity contribution in [3.05, 3.63) is 116 Å². The molecular formula is C34H30Cl4N2O6S. The van der Waals surface area contributed by atoms with Crippen LogP contribution in [0.5, 0.6) is 17.2 Å². The highest BCUT2D eigenvalue weighted by atomic mass is 35.5. The molecule has 3 aromatic carbocycles. The number of methoxy groups -OCH3 is 1. The zero-order valence-corrected chi connectivity index (χ0v) is 29.9. The molecule has 246 valence electrons. The van der Waals surface area contributed by atoms with Gasteiger partial charge in [0.05, 0.1) is 46.7 Å². The Morgan fingerprint density at radius 3 is 2.45 bits per heavy atom. The molecule has 0 bridgehead atoms. The van der Waals surface area contributed by atoms with Crippen LogP contribution in [0.15, 0.2) is 69.6 Å². The number of benzene rings is 3. The van der Waals surface area contributed by atoms with E-state index in [0.717, 1.165) is 11.3 Å². The van der Waals surface area contributed by atoms with Crippen molar-refractivity contribution in [3.8, 4) is 17.2 Å². The molecular weight excluding hydrogens is 706 g/mol. The highest BCUT2D eigenvalue weighted by Gasteiger charge is 2.34. The van der Waals surface area contributed by atoms with Crippen LogP contribution in [0.1, 0.15) is 50.4 Å². The van der Waals surface area contributed by atoms with Gasteiger partial charge in [0, 0.05) is 26.2 Å². The lowest BCUT2D eigenvalue weighted by molar-refractivity contribution is -0.139. The SMILES string of the molecule is CCOC(=O)C1=C(C)N=c2s/c(=C/c3cc(Cl)cc(Cl)c3OCc3ccc(Cl)cc3Cl)c(=O)n2[C@@H]1c1ccc(OC(C)C)c(OC)c1. The summed E-state index contributed by atoms with van der Waals surface area (Å²) in [7, 11) is 1.53. The Bertz CT molecular complexity index is 2070. The summed E-state index contributed by atoms with van der Waals surface area (Å²) in [5.74, 6) is 0.709. The van der Waals surface area contributed by atoms with E-state index in [1.165, 1.54) is 11.7 Å². The second kappa shape index (κ2) is 14.7. The summed E-state index contributed by atoms with van der Waals surface area (Å²) < 4.78 is 24.9. The highest BCUT2D eigenvalue weighted by molar-refractivity contribution is 7.07. The standard InChI is InChI=1S/C34H30Cl4N2O6S/c1-6-44-33(42)29-18(4)39-34-40(30(29)19-8-10-26(46-17(2)3)27(12-19)43-5)32(41)28(47-34)13-21-11-23(36)15-25(38)31(21)45-16-20-7-9-22(35)14-24(20)37/h7-15,17,30H,6,16H2,1-5H3/b28-13+/t30-/m1/s1. The van der Waals surface area contributed by atoms with E-state index >= 15 is 0 Å². The molecule has 8 nitrogen and oxygen atoms in total. The number of halogens is 4. The van der Waals surface area contributed by atoms with Crippen molar-refractivity contribution in [3.63, 3.8) is 0 Å². The molecule has 13 heteroatoms. The lowest BCUT2D eigenvalue weighted by Gasteiger charge is -2.25. The Morgan fingerprint density at radius 1 is 1.02 bits per heavy atom. The Balaban J connectivity index is 1.66. The van der Waals surface area contributed by atoms with Gasteiger partial charge in [0.1, 0.15) is 12.4 Å². The second-order valence-electron chi connectivity index (χ2n) is 10.7. The van der Waals surface area contributed by atoms with Crippen molar-refractivity contribution in [2.24, 2.45) is 4.99 Å². The largest absolute Gasteiger partial charge is 0.493 e. The van der Waals surface area contributed by atoms with Crippen molar-refractivity contribution in [1.29, 1.82) is 0 Å². The number of allylic oxidation sites excluding steroid dienone is 1. The van der Waals surface area contributed by atoms with E-state index in [1.807, 2.05) is 13.8 Å². The summed E-state index contributed by atoms with van der Waals surface area (Å²) in [4.78, 5) is 32.6. The lowest BCUT2D eigenvalue weighted by atomic mass is 9.95. The molecule has 1 aliphatic rings. The van der Waals surface area contributed by atoms with Gasteiger partial charge in [-0.25, -0.2) is 9.79 Å². The van der Waals surface area contributed by atoms with E-state index in [1.54, 1.807) is 68.5 Å². The van der Waals surface area contributed by atoms with Gasteiger partial charge >= 0.3 is 5.97 Å². The van der Waals surface area contributed by atoms with Crippen LogP contribution in [-0.4, -0.2) is 30.4 Å². The van der Waals surface area contributed by atoms with Gasteiger partial charge < -0.3 is 18.9 Å². The van der Waals surface area contributed by atoms with Gasteiger partial charge in [0.15, 0.2) is 16.3 Å². The monoisotopic (exact) mass is 734 g/mol. The van der Waals surface area contributed by atoms with Crippen molar-refractivity contribution < 1.29 is 23.7 Å². The number of hydrogen-bond acceptors (Lipinski definition) is 8. The fourth-order valence-corrected chi connectivity index (χ4v) is 7.15. The highest BCUT2D eigenvalue weighted by Crippen LogP contribution is 2.37. The molecule has 0 radical (unpaired) electrons. The smallest absolute Gasteiger partial charge is 0.338 e. The average molecular weight is 737 g/mol. The van der Waals surface area contributed by atoms with Crippen LogP contribution in [-0.2, 0) is 16.1 Å². The first-order valence-corrected chi connectivity index (χ1v) is 16.8. The maximum Gasteiger partial charge on any atom is 0.338 e. The van der Waals surface area contributed by atoms with Gasteiger partial charge in [-0.3, -0.25) is 9.36 Å². The molecule has 47 heavy (non-hydrogen) atoms. The predicted molar refractivity (Wildman–Crippen MR) is 186 cm³/mol. The lowest BCUT2D eigenvalue weighted by Crippen LogP contribution is -2.40. The normalized spacial score (nSPS) is 14.6. The number of rotatable bonds is 10. The number of nitrogens with zero attached hydrogens (tertiary/aromatic N) is 2. The third-order valence-electron chi connectivity index (χ3n) is 7.09. The first-order chi connectivity index (χ1) is 22.4. The van der Waals surface area contributed by atoms with Crippen LogP contribution in [0, 0.1) is 0 Å². The zero-order valence-electron chi connectivity index (χ0n) is 26.0. The molecule has 4 aromatic rings. The molecule has 1 atom stereocenters. The van der Waals surface area contributed by atoms with Crippen molar-refractivity contribution in [2.75, 3.05) is 13.7 Å². The fraction of sp³-hybridized carbons (Fsp3) is 0.265.